The lowest BCUT2D eigenvalue weighted by Crippen LogP contribution is -2.37. The predicted octanol–water partition coefficient (Wildman–Crippen LogP) is 0.880. The second-order valence-corrected chi connectivity index (χ2v) is 3.48. The third-order valence-corrected chi connectivity index (χ3v) is 2.55. The van der Waals surface area contributed by atoms with E-state index in [-0.39, 0.29) is 11.8 Å². The summed E-state index contributed by atoms with van der Waals surface area (Å²) in [6.07, 6.45) is 5.14. The highest BCUT2D eigenvalue weighted by Crippen LogP contribution is 2.30. The zero-order valence-corrected chi connectivity index (χ0v) is 7.38. The summed E-state index contributed by atoms with van der Waals surface area (Å²) < 4.78 is 0. The number of nitrogens with one attached hydrogen (secondary N) is 1. The topological polar surface area (TPSA) is 46.2 Å². The summed E-state index contributed by atoms with van der Waals surface area (Å²) in [7, 11) is 0. The molecule has 0 aliphatic heterocycles. The Morgan fingerprint density at radius 2 is 2.33 bits per heavy atom. The van der Waals surface area contributed by atoms with Gasteiger partial charge in [0.25, 0.3) is 0 Å². The van der Waals surface area contributed by atoms with E-state index in [1.54, 1.807) is 0 Å². The summed E-state index contributed by atoms with van der Waals surface area (Å²) in [5.41, 5.74) is 0. The Hall–Kier alpha value is -0.860. The molecule has 1 amide bonds. The van der Waals surface area contributed by atoms with Crippen molar-refractivity contribution in [2.75, 3.05) is 0 Å². The molecule has 0 radical (unpaired) electrons. The number of hydrogen-bond donors (Lipinski definition) is 1. The van der Waals surface area contributed by atoms with Gasteiger partial charge in [0.15, 0.2) is 5.78 Å². The lowest BCUT2D eigenvalue weighted by Gasteiger charge is -2.28. The molecule has 0 aromatic heterocycles. The van der Waals surface area contributed by atoms with Crippen molar-refractivity contribution < 1.29 is 9.59 Å². The second-order valence-electron chi connectivity index (χ2n) is 3.48. The number of carbonyl (C=O) groups is 2. The molecule has 1 rings (SSSR count). The van der Waals surface area contributed by atoms with Crippen molar-refractivity contribution in [3.63, 3.8) is 0 Å². The number of amides is 1. The third kappa shape index (κ3) is 2.32. The van der Waals surface area contributed by atoms with E-state index in [1.165, 1.54) is 26.2 Å². The van der Waals surface area contributed by atoms with Crippen LogP contribution in [-0.2, 0) is 9.59 Å². The van der Waals surface area contributed by atoms with Crippen LogP contribution in [0.4, 0.5) is 0 Å². The van der Waals surface area contributed by atoms with E-state index in [0.717, 1.165) is 6.42 Å². The number of hydrogen-bond acceptors (Lipinski definition) is 2. The SMILES string of the molecule is CC(=O)C(CC1CCC1)NC=O. The first kappa shape index (κ1) is 9.23. The fourth-order valence-electron chi connectivity index (χ4n) is 1.50. The van der Waals surface area contributed by atoms with Crippen molar-refractivity contribution in [1.82, 2.24) is 5.32 Å². The van der Waals surface area contributed by atoms with Gasteiger partial charge in [0.05, 0.1) is 6.04 Å². The molecule has 0 aromatic rings. The summed E-state index contributed by atoms with van der Waals surface area (Å²) in [6, 6.07) is -0.243. The number of ketones is 1. The van der Waals surface area contributed by atoms with Crippen molar-refractivity contribution in [3.05, 3.63) is 0 Å². The minimum absolute atomic E-state index is 0.0639. The Labute approximate surface area is 72.5 Å². The number of rotatable bonds is 5. The fraction of sp³-hybridized carbons (Fsp3) is 0.778. The summed E-state index contributed by atoms with van der Waals surface area (Å²) in [5, 5.41) is 2.55. The van der Waals surface area contributed by atoms with E-state index in [0.29, 0.717) is 12.3 Å². The highest BCUT2D eigenvalue weighted by Gasteiger charge is 2.23. The maximum Gasteiger partial charge on any atom is 0.207 e. The molecule has 0 saturated heterocycles. The van der Waals surface area contributed by atoms with Gasteiger partial charge >= 0.3 is 0 Å². The molecule has 1 saturated carbocycles. The molecule has 1 unspecified atom stereocenters. The van der Waals surface area contributed by atoms with Gasteiger partial charge in [0.2, 0.25) is 6.41 Å². The second kappa shape index (κ2) is 4.24. The first-order valence-electron chi connectivity index (χ1n) is 4.44. The molecule has 1 fully saturated rings. The van der Waals surface area contributed by atoms with Crippen LogP contribution in [-0.4, -0.2) is 18.2 Å². The van der Waals surface area contributed by atoms with Gasteiger partial charge in [0.1, 0.15) is 0 Å². The average molecular weight is 169 g/mol. The molecule has 1 N–H and O–H groups in total. The standard InChI is InChI=1S/C9H15NO2/c1-7(12)9(10-6-11)5-8-3-2-4-8/h6,8-9H,2-5H2,1H3,(H,10,11). The van der Waals surface area contributed by atoms with Crippen LogP contribution in [0.3, 0.4) is 0 Å². The molecular weight excluding hydrogens is 154 g/mol. The highest BCUT2D eigenvalue weighted by atomic mass is 16.1. The lowest BCUT2D eigenvalue weighted by molar-refractivity contribution is -0.122. The Bertz CT molecular complexity index is 175. The predicted molar refractivity (Wildman–Crippen MR) is 45.6 cm³/mol. The zero-order valence-electron chi connectivity index (χ0n) is 7.38. The van der Waals surface area contributed by atoms with Crippen molar-refractivity contribution in [3.8, 4) is 0 Å². The molecule has 12 heavy (non-hydrogen) atoms. The zero-order chi connectivity index (χ0) is 8.97. The lowest BCUT2D eigenvalue weighted by atomic mass is 9.80. The molecule has 3 nitrogen and oxygen atoms in total. The Balaban J connectivity index is 2.30. The Kier molecular flexibility index (Phi) is 3.26. The van der Waals surface area contributed by atoms with Crippen molar-refractivity contribution in [2.45, 2.75) is 38.6 Å². The van der Waals surface area contributed by atoms with Gasteiger partial charge in [0, 0.05) is 0 Å². The smallest absolute Gasteiger partial charge is 0.207 e. The van der Waals surface area contributed by atoms with E-state index in [4.69, 9.17) is 0 Å². The van der Waals surface area contributed by atoms with E-state index in [9.17, 15) is 9.59 Å². The maximum absolute atomic E-state index is 11.0. The van der Waals surface area contributed by atoms with Gasteiger partial charge < -0.3 is 5.32 Å². The van der Waals surface area contributed by atoms with Crippen LogP contribution >= 0.6 is 0 Å². The maximum atomic E-state index is 11.0. The van der Waals surface area contributed by atoms with Crippen LogP contribution in [0.1, 0.15) is 32.6 Å². The van der Waals surface area contributed by atoms with E-state index >= 15 is 0 Å². The summed E-state index contributed by atoms with van der Waals surface area (Å²) >= 11 is 0. The van der Waals surface area contributed by atoms with Crippen LogP contribution in [0.15, 0.2) is 0 Å². The van der Waals surface area contributed by atoms with Gasteiger partial charge in [-0.15, -0.1) is 0 Å². The molecule has 1 aliphatic rings. The molecule has 3 heteroatoms. The van der Waals surface area contributed by atoms with Crippen molar-refractivity contribution in [1.29, 1.82) is 0 Å². The van der Waals surface area contributed by atoms with Gasteiger partial charge in [-0.25, -0.2) is 0 Å². The summed E-state index contributed by atoms with van der Waals surface area (Å²) in [5.74, 6) is 0.723. The first-order valence-corrected chi connectivity index (χ1v) is 4.44. The van der Waals surface area contributed by atoms with E-state index in [2.05, 4.69) is 5.32 Å². The summed E-state index contributed by atoms with van der Waals surface area (Å²) in [6.45, 7) is 1.53. The van der Waals surface area contributed by atoms with Crippen LogP contribution in [0, 0.1) is 5.92 Å². The monoisotopic (exact) mass is 169 g/mol. The van der Waals surface area contributed by atoms with Crippen LogP contribution in [0.2, 0.25) is 0 Å². The number of carbonyl (C=O) groups excluding carboxylic acids is 2. The molecule has 0 heterocycles. The van der Waals surface area contributed by atoms with Crippen LogP contribution in [0.5, 0.6) is 0 Å². The molecule has 68 valence electrons. The van der Waals surface area contributed by atoms with Gasteiger partial charge in [-0.1, -0.05) is 19.3 Å². The average Bonchev–Trinajstić information content (AvgIpc) is 1.93. The molecule has 1 atom stereocenters. The highest BCUT2D eigenvalue weighted by molar-refractivity contribution is 5.83. The molecule has 1 aliphatic carbocycles. The van der Waals surface area contributed by atoms with Crippen LogP contribution in [0.25, 0.3) is 0 Å². The molecular formula is C9H15NO2. The molecule has 0 spiro atoms. The van der Waals surface area contributed by atoms with Crippen molar-refractivity contribution >= 4 is 12.2 Å². The van der Waals surface area contributed by atoms with Gasteiger partial charge in [-0.3, -0.25) is 9.59 Å². The summed E-state index contributed by atoms with van der Waals surface area (Å²) in [4.78, 5) is 21.1. The Morgan fingerprint density at radius 3 is 2.67 bits per heavy atom. The van der Waals surface area contributed by atoms with Crippen molar-refractivity contribution in [2.24, 2.45) is 5.92 Å². The van der Waals surface area contributed by atoms with E-state index in [1.807, 2.05) is 0 Å². The normalized spacial score (nSPS) is 19.4. The largest absolute Gasteiger partial charge is 0.349 e. The molecule has 0 aromatic carbocycles. The Morgan fingerprint density at radius 1 is 1.67 bits per heavy atom. The third-order valence-electron chi connectivity index (χ3n) is 2.55. The minimum atomic E-state index is -0.243. The fourth-order valence-corrected chi connectivity index (χ4v) is 1.50. The van der Waals surface area contributed by atoms with Gasteiger partial charge in [-0.2, -0.15) is 0 Å². The van der Waals surface area contributed by atoms with Gasteiger partial charge in [-0.05, 0) is 19.3 Å². The number of Topliss-reactive ketones (excluding diaryl/α,β-unsaturated/α-hetero) is 1. The minimum Gasteiger partial charge on any atom is -0.349 e. The molecule has 0 bridgehead atoms. The van der Waals surface area contributed by atoms with E-state index < -0.39 is 0 Å². The first-order chi connectivity index (χ1) is 5.74. The quantitative estimate of drug-likeness (QED) is 0.621. The van der Waals surface area contributed by atoms with Crippen LogP contribution < -0.4 is 5.32 Å².